The Kier molecular flexibility index (Phi) is 12.8. The van der Waals surface area contributed by atoms with Gasteiger partial charge in [-0.1, -0.05) is 42.0 Å². The molecule has 1 atom stereocenters. The Balaban J connectivity index is 1.27. The molecule has 1 heterocycles. The average molecular weight is 642 g/mol. The molecule has 0 fully saturated rings. The van der Waals surface area contributed by atoms with Gasteiger partial charge in [0.25, 0.3) is 0 Å². The van der Waals surface area contributed by atoms with Gasteiger partial charge in [-0.2, -0.15) is 0 Å². The van der Waals surface area contributed by atoms with Crippen molar-refractivity contribution in [2.24, 2.45) is 0 Å². The van der Waals surface area contributed by atoms with E-state index in [4.69, 9.17) is 14.2 Å². The van der Waals surface area contributed by atoms with E-state index in [1.807, 2.05) is 24.3 Å². The predicted octanol–water partition coefficient (Wildman–Crippen LogP) is 7.45. The van der Waals surface area contributed by atoms with Crippen LogP contribution in [0.5, 0.6) is 5.75 Å². The first kappa shape index (κ1) is 34.1. The summed E-state index contributed by atoms with van der Waals surface area (Å²) < 4.78 is 18.1. The van der Waals surface area contributed by atoms with Crippen LogP contribution in [0.2, 0.25) is 0 Å². The standard InChI is InChI=1S/C39H47NO7/c41-38(42)20-7-8-21-40(34-17-9-14-32-25-29(27-39(43)44)11-1-4-16-33(32)34)22-10-15-31-13-3-6-18-35(31)47-28-30-12-2-5-19-36-37(26-30)46-24-23-45-36/h1-3,6,12-13,16,18,25-26,34H,5,7-11,14-15,17,19-24,27-28H2,(H,41,42)(H,43,44)/b12-2?,29-25+,30-26+. The molecule has 0 aromatic heterocycles. The number of aryl methyl sites for hydroxylation is 1. The van der Waals surface area contributed by atoms with Crippen molar-refractivity contribution >= 4 is 11.9 Å². The molecule has 1 aromatic rings. The van der Waals surface area contributed by atoms with Crippen molar-refractivity contribution in [3.8, 4) is 5.75 Å². The number of carboxylic acids is 2. The van der Waals surface area contributed by atoms with Gasteiger partial charge in [0.15, 0.2) is 5.76 Å². The van der Waals surface area contributed by atoms with Crippen molar-refractivity contribution in [1.82, 2.24) is 4.90 Å². The molecule has 0 spiro atoms. The van der Waals surface area contributed by atoms with Crippen LogP contribution in [0.1, 0.15) is 76.2 Å². The highest BCUT2D eigenvalue weighted by Gasteiger charge is 2.27. The lowest BCUT2D eigenvalue weighted by Gasteiger charge is -2.36. The van der Waals surface area contributed by atoms with Crippen LogP contribution in [-0.2, 0) is 25.5 Å². The van der Waals surface area contributed by atoms with Crippen molar-refractivity contribution in [3.05, 3.63) is 106 Å². The molecule has 1 aromatic carbocycles. The Morgan fingerprint density at radius 1 is 1.00 bits per heavy atom. The summed E-state index contributed by atoms with van der Waals surface area (Å²) in [5.74, 6) is 1.01. The zero-order chi connectivity index (χ0) is 32.8. The molecule has 250 valence electrons. The van der Waals surface area contributed by atoms with Crippen LogP contribution in [0.3, 0.4) is 0 Å². The van der Waals surface area contributed by atoms with Gasteiger partial charge in [-0.3, -0.25) is 14.5 Å². The fourth-order valence-electron chi connectivity index (χ4n) is 6.73. The average Bonchev–Trinajstić information content (AvgIpc) is 3.03. The first-order chi connectivity index (χ1) is 23.0. The van der Waals surface area contributed by atoms with E-state index < -0.39 is 11.9 Å². The molecular formula is C39H47NO7. The van der Waals surface area contributed by atoms with Gasteiger partial charge in [-0.15, -0.1) is 5.73 Å². The highest BCUT2D eigenvalue weighted by Crippen LogP contribution is 2.33. The summed E-state index contributed by atoms with van der Waals surface area (Å²) in [6, 6.07) is 8.40. The summed E-state index contributed by atoms with van der Waals surface area (Å²) in [6.07, 6.45) is 21.1. The topological polar surface area (TPSA) is 106 Å². The molecule has 0 saturated carbocycles. The van der Waals surface area contributed by atoms with E-state index in [1.54, 1.807) is 0 Å². The third kappa shape index (κ3) is 10.4. The smallest absolute Gasteiger partial charge is 0.307 e. The zero-order valence-electron chi connectivity index (χ0n) is 27.3. The number of carbonyl (C=O) groups is 2. The van der Waals surface area contributed by atoms with Crippen molar-refractivity contribution in [2.75, 3.05) is 32.9 Å². The van der Waals surface area contributed by atoms with E-state index in [-0.39, 0.29) is 18.9 Å². The monoisotopic (exact) mass is 641 g/mol. The number of hydrogen-bond donors (Lipinski definition) is 2. The largest absolute Gasteiger partial charge is 0.491 e. The number of hydrogen-bond acceptors (Lipinski definition) is 6. The van der Waals surface area contributed by atoms with Crippen LogP contribution >= 0.6 is 0 Å². The number of unbranched alkanes of at least 4 members (excludes halogenated alkanes) is 1. The Hall–Kier alpha value is -4.26. The lowest BCUT2D eigenvalue weighted by molar-refractivity contribution is -0.137. The number of aliphatic carboxylic acids is 2. The van der Waals surface area contributed by atoms with Gasteiger partial charge in [0, 0.05) is 18.9 Å². The molecule has 8 heteroatoms. The van der Waals surface area contributed by atoms with E-state index in [0.717, 1.165) is 98.4 Å². The number of carboxylic acid groups (broad SMARTS) is 2. The van der Waals surface area contributed by atoms with Gasteiger partial charge in [0.05, 0.1) is 6.42 Å². The van der Waals surface area contributed by atoms with E-state index in [0.29, 0.717) is 32.7 Å². The molecule has 0 saturated heterocycles. The Morgan fingerprint density at radius 3 is 2.72 bits per heavy atom. The molecule has 3 aliphatic carbocycles. The van der Waals surface area contributed by atoms with E-state index >= 15 is 0 Å². The normalized spacial score (nSPS) is 21.5. The highest BCUT2D eigenvalue weighted by molar-refractivity contribution is 5.70. The number of para-hydroxylation sites is 1. The van der Waals surface area contributed by atoms with Gasteiger partial charge >= 0.3 is 11.9 Å². The number of allylic oxidation sites excluding steroid dienone is 5. The van der Waals surface area contributed by atoms with Crippen molar-refractivity contribution < 1.29 is 34.0 Å². The molecule has 8 nitrogen and oxygen atoms in total. The lowest BCUT2D eigenvalue weighted by atomic mass is 9.84. The summed E-state index contributed by atoms with van der Waals surface area (Å²) in [6.45, 7) is 3.24. The van der Waals surface area contributed by atoms with Gasteiger partial charge in [-0.05, 0) is 117 Å². The van der Waals surface area contributed by atoms with Crippen LogP contribution in [0.15, 0.2) is 100 Å². The minimum absolute atomic E-state index is 0.0364. The van der Waals surface area contributed by atoms with Gasteiger partial charge < -0.3 is 24.4 Å². The zero-order valence-corrected chi connectivity index (χ0v) is 27.3. The predicted molar refractivity (Wildman–Crippen MR) is 181 cm³/mol. The summed E-state index contributed by atoms with van der Waals surface area (Å²) in [4.78, 5) is 25.2. The second-order valence-corrected chi connectivity index (χ2v) is 12.5. The third-order valence-corrected chi connectivity index (χ3v) is 8.99. The minimum Gasteiger partial charge on any atom is -0.491 e. The first-order valence-corrected chi connectivity index (χ1v) is 17.0. The molecule has 0 radical (unpaired) electrons. The van der Waals surface area contributed by atoms with Crippen LogP contribution in [-0.4, -0.2) is 66.0 Å². The molecule has 47 heavy (non-hydrogen) atoms. The minimum atomic E-state index is -0.815. The van der Waals surface area contributed by atoms with Crippen LogP contribution < -0.4 is 4.74 Å². The quantitative estimate of drug-likeness (QED) is 0.150. The van der Waals surface area contributed by atoms with Crippen LogP contribution in [0.25, 0.3) is 0 Å². The molecule has 0 bridgehead atoms. The maximum absolute atomic E-state index is 11.5. The second kappa shape index (κ2) is 17.6. The maximum atomic E-state index is 11.5. The molecule has 0 amide bonds. The summed E-state index contributed by atoms with van der Waals surface area (Å²) >= 11 is 0. The molecule has 5 rings (SSSR count). The first-order valence-electron chi connectivity index (χ1n) is 17.0. The van der Waals surface area contributed by atoms with Gasteiger partial charge in [-0.25, -0.2) is 0 Å². The highest BCUT2D eigenvalue weighted by atomic mass is 16.6. The van der Waals surface area contributed by atoms with Gasteiger partial charge in [0.2, 0.25) is 0 Å². The Bertz CT molecular complexity index is 1500. The molecule has 1 aliphatic heterocycles. The SMILES string of the molecule is O=C(O)CCCCN(CCCc1ccccc1OC/C1=C/C2=C(CCC=C1)OCCO2)C1CCCC2=C1C=C=CC/C(CC(=O)O)=C\2. The van der Waals surface area contributed by atoms with E-state index in [1.165, 1.54) is 11.1 Å². The fraction of sp³-hybridized carbons (Fsp3) is 0.462. The Labute approximate surface area is 278 Å². The van der Waals surface area contributed by atoms with E-state index in [2.05, 4.69) is 47.1 Å². The van der Waals surface area contributed by atoms with Crippen molar-refractivity contribution in [2.45, 2.75) is 83.1 Å². The number of ether oxygens (including phenoxy) is 3. The number of rotatable bonds is 15. The number of nitrogens with zero attached hydrogens (tertiary/aromatic N) is 1. The summed E-state index contributed by atoms with van der Waals surface area (Å²) in [5, 5.41) is 18.6. The van der Waals surface area contributed by atoms with E-state index in [9.17, 15) is 19.8 Å². The lowest BCUT2D eigenvalue weighted by Crippen LogP contribution is -2.40. The maximum Gasteiger partial charge on any atom is 0.307 e. The number of benzene rings is 1. The van der Waals surface area contributed by atoms with Crippen molar-refractivity contribution in [3.63, 3.8) is 0 Å². The fourth-order valence-corrected chi connectivity index (χ4v) is 6.73. The molecule has 4 aliphatic rings. The van der Waals surface area contributed by atoms with Gasteiger partial charge in [0.1, 0.15) is 31.3 Å². The van der Waals surface area contributed by atoms with Crippen LogP contribution in [0, 0.1) is 0 Å². The third-order valence-electron chi connectivity index (χ3n) is 8.99. The summed E-state index contributed by atoms with van der Waals surface area (Å²) in [5.41, 5.74) is 8.83. The van der Waals surface area contributed by atoms with Crippen molar-refractivity contribution in [1.29, 1.82) is 0 Å². The van der Waals surface area contributed by atoms with Crippen LogP contribution in [0.4, 0.5) is 0 Å². The molecule has 2 N–H and O–H groups in total. The second-order valence-electron chi connectivity index (χ2n) is 12.5. The molecule has 1 unspecified atom stereocenters. The summed E-state index contributed by atoms with van der Waals surface area (Å²) in [7, 11) is 0. The Morgan fingerprint density at radius 2 is 1.85 bits per heavy atom. The molecular weight excluding hydrogens is 594 g/mol.